The van der Waals surface area contributed by atoms with Gasteiger partial charge in [-0.25, -0.2) is 4.79 Å². The largest absolute Gasteiger partial charge is 0.450 e. The Bertz CT molecular complexity index is 735. The van der Waals surface area contributed by atoms with Crippen LogP contribution in [0.1, 0.15) is 12.5 Å². The zero-order valence-corrected chi connectivity index (χ0v) is 13.5. The highest BCUT2D eigenvalue weighted by Crippen LogP contribution is 2.26. The van der Waals surface area contributed by atoms with Gasteiger partial charge in [0.15, 0.2) is 0 Å². The van der Waals surface area contributed by atoms with Crippen molar-refractivity contribution < 1.29 is 14.3 Å². The molecule has 2 amide bonds. The highest BCUT2D eigenvalue weighted by Gasteiger charge is 2.22. The molecule has 0 aliphatic carbocycles. The van der Waals surface area contributed by atoms with Crippen molar-refractivity contribution in [2.75, 3.05) is 13.2 Å². The first-order valence-corrected chi connectivity index (χ1v) is 8.06. The van der Waals surface area contributed by atoms with Gasteiger partial charge in [-0.2, -0.15) is 5.26 Å². The lowest BCUT2D eigenvalue weighted by Crippen LogP contribution is -2.48. The minimum Gasteiger partial charge on any atom is -0.450 e. The van der Waals surface area contributed by atoms with E-state index < -0.39 is 18.0 Å². The van der Waals surface area contributed by atoms with E-state index in [4.69, 9.17) is 10.00 Å². The predicted molar refractivity (Wildman–Crippen MR) is 88.1 cm³/mol. The Morgan fingerprint density at radius 3 is 2.91 bits per heavy atom. The fourth-order valence-electron chi connectivity index (χ4n) is 2.18. The summed E-state index contributed by atoms with van der Waals surface area (Å²) >= 11 is 1.59. The molecule has 1 unspecified atom stereocenters. The minimum atomic E-state index is -0.791. The Balaban J connectivity index is 2.17. The van der Waals surface area contributed by atoms with E-state index in [1.807, 2.05) is 35.7 Å². The topological polar surface area (TPSA) is 91.2 Å². The van der Waals surface area contributed by atoms with Crippen LogP contribution < -0.4 is 10.6 Å². The number of benzene rings is 1. The first-order valence-electron chi connectivity index (χ1n) is 7.18. The molecule has 23 heavy (non-hydrogen) atoms. The molecule has 0 aliphatic heterocycles. The Kier molecular flexibility index (Phi) is 5.94. The van der Waals surface area contributed by atoms with Gasteiger partial charge in [0.2, 0.25) is 5.91 Å². The lowest BCUT2D eigenvalue weighted by atomic mass is 10.0. The summed E-state index contributed by atoms with van der Waals surface area (Å²) in [6, 6.07) is 8.93. The quantitative estimate of drug-likeness (QED) is 0.794. The van der Waals surface area contributed by atoms with Crippen LogP contribution in [0.4, 0.5) is 4.79 Å². The van der Waals surface area contributed by atoms with Crippen LogP contribution in [0.25, 0.3) is 10.1 Å². The molecule has 0 saturated heterocycles. The molecule has 0 aliphatic rings. The Labute approximate surface area is 138 Å². The van der Waals surface area contributed by atoms with Gasteiger partial charge in [-0.1, -0.05) is 18.2 Å². The molecule has 120 valence electrons. The third-order valence-electron chi connectivity index (χ3n) is 3.21. The summed E-state index contributed by atoms with van der Waals surface area (Å²) in [6.07, 6.45) is -0.316. The molecule has 2 rings (SSSR count). The number of ether oxygens (including phenoxy) is 1. The fraction of sp³-hybridized carbons (Fsp3) is 0.312. The van der Waals surface area contributed by atoms with Gasteiger partial charge >= 0.3 is 6.09 Å². The van der Waals surface area contributed by atoms with Crippen molar-refractivity contribution in [3.05, 3.63) is 35.2 Å². The number of nitrogens with one attached hydrogen (secondary N) is 2. The summed E-state index contributed by atoms with van der Waals surface area (Å²) in [4.78, 5) is 23.8. The molecule has 1 heterocycles. The van der Waals surface area contributed by atoms with Crippen LogP contribution in [0, 0.1) is 11.3 Å². The van der Waals surface area contributed by atoms with Crippen LogP contribution in [0.2, 0.25) is 0 Å². The summed E-state index contributed by atoms with van der Waals surface area (Å²) in [5.74, 6) is -0.408. The average molecular weight is 331 g/mol. The van der Waals surface area contributed by atoms with Gasteiger partial charge in [-0.05, 0) is 29.3 Å². The zero-order chi connectivity index (χ0) is 16.7. The number of carbonyl (C=O) groups excluding carboxylic acids is 2. The second kappa shape index (κ2) is 8.15. The van der Waals surface area contributed by atoms with Crippen LogP contribution in [0.15, 0.2) is 29.6 Å². The van der Waals surface area contributed by atoms with E-state index in [1.165, 1.54) is 0 Å². The number of hydrogen-bond donors (Lipinski definition) is 2. The predicted octanol–water partition coefficient (Wildman–Crippen LogP) is 2.20. The summed E-state index contributed by atoms with van der Waals surface area (Å²) in [7, 11) is 0. The van der Waals surface area contributed by atoms with Crippen LogP contribution in [-0.4, -0.2) is 31.2 Å². The van der Waals surface area contributed by atoms with Crippen LogP contribution in [0.3, 0.4) is 0 Å². The van der Waals surface area contributed by atoms with Gasteiger partial charge in [-0.15, -0.1) is 11.3 Å². The molecular formula is C16H17N3O3S. The molecule has 2 aromatic rings. The average Bonchev–Trinajstić information content (AvgIpc) is 2.95. The third kappa shape index (κ3) is 4.44. The monoisotopic (exact) mass is 331 g/mol. The maximum absolute atomic E-state index is 12.2. The van der Waals surface area contributed by atoms with E-state index in [0.717, 1.165) is 15.6 Å². The number of nitrogens with zero attached hydrogens (tertiary/aromatic N) is 1. The van der Waals surface area contributed by atoms with E-state index >= 15 is 0 Å². The summed E-state index contributed by atoms with van der Waals surface area (Å²) in [5, 5.41) is 16.6. The highest BCUT2D eigenvalue weighted by molar-refractivity contribution is 7.17. The molecule has 0 fully saturated rings. The van der Waals surface area contributed by atoms with Crippen molar-refractivity contribution in [1.29, 1.82) is 5.26 Å². The summed E-state index contributed by atoms with van der Waals surface area (Å²) < 4.78 is 5.96. The number of thiophene rings is 1. The van der Waals surface area contributed by atoms with Gasteiger partial charge < -0.3 is 15.4 Å². The molecule has 1 atom stereocenters. The molecule has 1 aromatic heterocycles. The van der Waals surface area contributed by atoms with Crippen LogP contribution in [-0.2, 0) is 16.0 Å². The van der Waals surface area contributed by atoms with Gasteiger partial charge in [-0.3, -0.25) is 4.79 Å². The number of carbonyl (C=O) groups is 2. The van der Waals surface area contributed by atoms with Gasteiger partial charge in [0.1, 0.15) is 12.6 Å². The standard InChI is InChI=1S/C16H17N3O3S/c1-2-22-16(21)19-13(15(20)18-8-7-17)9-11-10-23-14-6-4-3-5-12(11)14/h3-6,10,13H,2,8-9H2,1H3,(H,18,20)(H,19,21). The Hall–Kier alpha value is -2.59. The molecule has 7 heteroatoms. The summed E-state index contributed by atoms with van der Waals surface area (Å²) in [5.41, 5.74) is 0.972. The molecular weight excluding hydrogens is 314 g/mol. The molecule has 1 aromatic carbocycles. The van der Waals surface area contributed by atoms with E-state index in [2.05, 4.69) is 10.6 Å². The van der Waals surface area contributed by atoms with E-state index in [-0.39, 0.29) is 13.2 Å². The van der Waals surface area contributed by atoms with E-state index in [1.54, 1.807) is 18.3 Å². The Morgan fingerprint density at radius 2 is 2.17 bits per heavy atom. The number of fused-ring (bicyclic) bond motifs is 1. The van der Waals surface area contributed by atoms with Gasteiger partial charge in [0.25, 0.3) is 0 Å². The molecule has 0 saturated carbocycles. The van der Waals surface area contributed by atoms with Crippen molar-refractivity contribution in [1.82, 2.24) is 10.6 Å². The number of nitriles is 1. The second-order valence-electron chi connectivity index (χ2n) is 4.75. The lowest BCUT2D eigenvalue weighted by Gasteiger charge is -2.17. The zero-order valence-electron chi connectivity index (χ0n) is 12.7. The van der Waals surface area contributed by atoms with Crippen molar-refractivity contribution in [2.45, 2.75) is 19.4 Å². The number of hydrogen-bond acceptors (Lipinski definition) is 5. The molecule has 0 bridgehead atoms. The van der Waals surface area contributed by atoms with Crippen LogP contribution >= 0.6 is 11.3 Å². The highest BCUT2D eigenvalue weighted by atomic mass is 32.1. The van der Waals surface area contributed by atoms with Gasteiger partial charge in [0.05, 0.1) is 12.7 Å². The number of alkyl carbamates (subject to hydrolysis) is 1. The fourth-order valence-corrected chi connectivity index (χ4v) is 3.16. The van der Waals surface area contributed by atoms with Crippen molar-refractivity contribution in [3.8, 4) is 6.07 Å². The Morgan fingerprint density at radius 1 is 1.39 bits per heavy atom. The molecule has 2 N–H and O–H groups in total. The maximum Gasteiger partial charge on any atom is 0.407 e. The van der Waals surface area contributed by atoms with Gasteiger partial charge in [0, 0.05) is 11.1 Å². The normalized spacial score (nSPS) is 11.5. The lowest BCUT2D eigenvalue weighted by molar-refractivity contribution is -0.122. The third-order valence-corrected chi connectivity index (χ3v) is 4.22. The first-order chi connectivity index (χ1) is 11.2. The second-order valence-corrected chi connectivity index (χ2v) is 5.67. The molecule has 6 nitrogen and oxygen atoms in total. The first kappa shape index (κ1) is 16.8. The minimum absolute atomic E-state index is 0.107. The number of rotatable bonds is 6. The van der Waals surface area contributed by atoms with E-state index in [0.29, 0.717) is 6.42 Å². The van der Waals surface area contributed by atoms with Crippen molar-refractivity contribution >= 4 is 33.4 Å². The smallest absolute Gasteiger partial charge is 0.407 e. The maximum atomic E-state index is 12.2. The van der Waals surface area contributed by atoms with Crippen molar-refractivity contribution in [3.63, 3.8) is 0 Å². The van der Waals surface area contributed by atoms with E-state index in [9.17, 15) is 9.59 Å². The van der Waals surface area contributed by atoms with Crippen molar-refractivity contribution in [2.24, 2.45) is 0 Å². The number of amides is 2. The summed E-state index contributed by atoms with van der Waals surface area (Å²) in [6.45, 7) is 1.81. The van der Waals surface area contributed by atoms with Crippen LogP contribution in [0.5, 0.6) is 0 Å². The SMILES string of the molecule is CCOC(=O)NC(Cc1csc2ccccc12)C(=O)NCC#N. The molecule has 0 radical (unpaired) electrons. The molecule has 0 spiro atoms.